The second-order valence-electron chi connectivity index (χ2n) is 5.24. The minimum Gasteiger partial charge on any atom is -0.376 e. The van der Waals surface area contributed by atoms with Crippen LogP contribution in [0.3, 0.4) is 0 Å². The van der Waals surface area contributed by atoms with Gasteiger partial charge >= 0.3 is 0 Å². The van der Waals surface area contributed by atoms with E-state index < -0.39 is 5.79 Å². The summed E-state index contributed by atoms with van der Waals surface area (Å²) < 4.78 is 16.7. The summed E-state index contributed by atoms with van der Waals surface area (Å²) >= 11 is 0. The molecule has 0 aromatic heterocycles. The molecule has 19 heavy (non-hydrogen) atoms. The Morgan fingerprint density at radius 3 is 1.84 bits per heavy atom. The second kappa shape index (κ2) is 12.9. The predicted molar refractivity (Wildman–Crippen MR) is 80.5 cm³/mol. The highest BCUT2D eigenvalue weighted by Gasteiger charge is 2.29. The molecule has 0 radical (unpaired) electrons. The van der Waals surface area contributed by atoms with Crippen molar-refractivity contribution in [2.45, 2.75) is 77.4 Å². The van der Waals surface area contributed by atoms with Gasteiger partial charge in [-0.2, -0.15) is 0 Å². The standard InChI is InChI=1S/C16H34O3/c1-5-7-8-9-10-11-12-13-16(17-3,18-4)15-19-14-6-2/h5-15H2,1-4H3. The van der Waals surface area contributed by atoms with Crippen molar-refractivity contribution < 1.29 is 14.2 Å². The van der Waals surface area contributed by atoms with Gasteiger partial charge in [0.2, 0.25) is 0 Å². The van der Waals surface area contributed by atoms with E-state index in [1.807, 2.05) is 0 Å². The van der Waals surface area contributed by atoms with Crippen LogP contribution in [0.5, 0.6) is 0 Å². The van der Waals surface area contributed by atoms with Crippen molar-refractivity contribution in [2.24, 2.45) is 0 Å². The minimum atomic E-state index is -0.543. The van der Waals surface area contributed by atoms with E-state index in [2.05, 4.69) is 13.8 Å². The third-order valence-corrected chi connectivity index (χ3v) is 3.58. The van der Waals surface area contributed by atoms with Gasteiger partial charge < -0.3 is 14.2 Å². The normalized spacial score (nSPS) is 12.0. The van der Waals surface area contributed by atoms with Gasteiger partial charge in [-0.25, -0.2) is 0 Å². The zero-order valence-corrected chi connectivity index (χ0v) is 13.5. The molecule has 0 aromatic carbocycles. The van der Waals surface area contributed by atoms with Gasteiger partial charge in [0.1, 0.15) is 6.61 Å². The molecule has 0 rings (SSSR count). The first kappa shape index (κ1) is 18.9. The Kier molecular flexibility index (Phi) is 12.8. The molecule has 116 valence electrons. The van der Waals surface area contributed by atoms with Crippen LogP contribution < -0.4 is 0 Å². The van der Waals surface area contributed by atoms with Crippen molar-refractivity contribution in [3.8, 4) is 0 Å². The molecular formula is C16H34O3. The van der Waals surface area contributed by atoms with E-state index in [9.17, 15) is 0 Å². The maximum atomic E-state index is 5.59. The van der Waals surface area contributed by atoms with Gasteiger partial charge in [0.15, 0.2) is 5.79 Å². The van der Waals surface area contributed by atoms with Gasteiger partial charge in [0.25, 0.3) is 0 Å². The smallest absolute Gasteiger partial charge is 0.191 e. The summed E-state index contributed by atoms with van der Waals surface area (Å²) in [5, 5.41) is 0. The number of hydrogen-bond acceptors (Lipinski definition) is 3. The van der Waals surface area contributed by atoms with E-state index in [4.69, 9.17) is 14.2 Å². The fourth-order valence-electron chi connectivity index (χ4n) is 2.20. The molecule has 0 saturated carbocycles. The first-order valence-electron chi connectivity index (χ1n) is 7.92. The van der Waals surface area contributed by atoms with E-state index in [1.54, 1.807) is 14.2 Å². The van der Waals surface area contributed by atoms with Crippen molar-refractivity contribution in [3.05, 3.63) is 0 Å². The Balaban J connectivity index is 3.74. The molecule has 0 N–H and O–H groups in total. The van der Waals surface area contributed by atoms with Crippen LogP contribution in [0.4, 0.5) is 0 Å². The molecule has 0 aliphatic carbocycles. The summed E-state index contributed by atoms with van der Waals surface area (Å²) in [5.41, 5.74) is 0. The first-order valence-corrected chi connectivity index (χ1v) is 7.92. The Labute approximate surface area is 120 Å². The van der Waals surface area contributed by atoms with Crippen LogP contribution in [0, 0.1) is 0 Å². The highest BCUT2D eigenvalue weighted by atomic mass is 16.7. The van der Waals surface area contributed by atoms with Crippen molar-refractivity contribution in [1.29, 1.82) is 0 Å². The van der Waals surface area contributed by atoms with Crippen LogP contribution >= 0.6 is 0 Å². The zero-order valence-electron chi connectivity index (χ0n) is 13.5. The Hall–Kier alpha value is -0.120. The van der Waals surface area contributed by atoms with E-state index >= 15 is 0 Å². The topological polar surface area (TPSA) is 27.7 Å². The highest BCUT2D eigenvalue weighted by molar-refractivity contribution is 4.68. The predicted octanol–water partition coefficient (Wildman–Crippen LogP) is 4.54. The molecular weight excluding hydrogens is 240 g/mol. The number of methoxy groups -OCH3 is 2. The fourth-order valence-corrected chi connectivity index (χ4v) is 2.20. The van der Waals surface area contributed by atoms with Crippen LogP contribution in [-0.4, -0.2) is 33.2 Å². The Morgan fingerprint density at radius 2 is 1.32 bits per heavy atom. The van der Waals surface area contributed by atoms with E-state index in [1.165, 1.54) is 38.5 Å². The molecule has 0 unspecified atom stereocenters. The van der Waals surface area contributed by atoms with Crippen LogP contribution in [0.2, 0.25) is 0 Å². The molecule has 0 fully saturated rings. The summed E-state index contributed by atoms with van der Waals surface area (Å²) in [4.78, 5) is 0. The maximum absolute atomic E-state index is 5.59. The molecule has 3 heteroatoms. The Morgan fingerprint density at radius 1 is 0.737 bits per heavy atom. The Bertz CT molecular complexity index is 179. The van der Waals surface area contributed by atoms with Gasteiger partial charge in [-0.15, -0.1) is 0 Å². The summed E-state index contributed by atoms with van der Waals surface area (Å²) in [7, 11) is 3.42. The van der Waals surface area contributed by atoms with Gasteiger partial charge in [0.05, 0.1) is 0 Å². The van der Waals surface area contributed by atoms with Crippen LogP contribution in [0.1, 0.15) is 71.6 Å². The highest BCUT2D eigenvalue weighted by Crippen LogP contribution is 2.21. The summed E-state index contributed by atoms with van der Waals surface area (Å²) in [5.74, 6) is -0.543. The SMILES string of the molecule is CCCCCCCCCC(COCCC)(OC)OC. The third kappa shape index (κ3) is 9.42. The largest absolute Gasteiger partial charge is 0.376 e. The van der Waals surface area contributed by atoms with Gasteiger partial charge in [-0.1, -0.05) is 52.4 Å². The molecule has 0 aromatic rings. The summed E-state index contributed by atoms with van der Waals surface area (Å²) in [6.07, 6.45) is 11.1. The lowest BCUT2D eigenvalue weighted by molar-refractivity contribution is -0.239. The number of rotatable bonds is 14. The minimum absolute atomic E-state index is 0.531. The summed E-state index contributed by atoms with van der Waals surface area (Å²) in [6.45, 7) is 5.66. The van der Waals surface area contributed by atoms with Crippen molar-refractivity contribution in [3.63, 3.8) is 0 Å². The number of ether oxygens (including phenoxy) is 3. The van der Waals surface area contributed by atoms with Crippen molar-refractivity contribution >= 4 is 0 Å². The molecule has 0 bridgehead atoms. The molecule has 0 aliphatic heterocycles. The lowest BCUT2D eigenvalue weighted by atomic mass is 10.0. The maximum Gasteiger partial charge on any atom is 0.191 e. The molecule has 0 saturated heterocycles. The van der Waals surface area contributed by atoms with E-state index in [0.717, 1.165) is 25.9 Å². The average molecular weight is 274 g/mol. The van der Waals surface area contributed by atoms with E-state index in [-0.39, 0.29) is 0 Å². The van der Waals surface area contributed by atoms with Gasteiger partial charge in [-0.05, 0) is 12.8 Å². The first-order chi connectivity index (χ1) is 9.24. The third-order valence-electron chi connectivity index (χ3n) is 3.58. The molecule has 0 atom stereocenters. The lowest BCUT2D eigenvalue weighted by Crippen LogP contribution is -2.39. The van der Waals surface area contributed by atoms with Crippen LogP contribution in [0.25, 0.3) is 0 Å². The van der Waals surface area contributed by atoms with Gasteiger partial charge in [-0.3, -0.25) is 0 Å². The van der Waals surface area contributed by atoms with E-state index in [0.29, 0.717) is 6.61 Å². The number of hydrogen-bond donors (Lipinski definition) is 0. The van der Waals surface area contributed by atoms with Crippen LogP contribution in [0.15, 0.2) is 0 Å². The quantitative estimate of drug-likeness (QED) is 0.344. The monoisotopic (exact) mass is 274 g/mol. The second-order valence-corrected chi connectivity index (χ2v) is 5.24. The van der Waals surface area contributed by atoms with Crippen molar-refractivity contribution in [2.75, 3.05) is 27.4 Å². The van der Waals surface area contributed by atoms with Gasteiger partial charge in [0, 0.05) is 27.2 Å². The van der Waals surface area contributed by atoms with Crippen LogP contribution in [-0.2, 0) is 14.2 Å². The molecule has 0 heterocycles. The molecule has 0 aliphatic rings. The molecule has 0 amide bonds. The van der Waals surface area contributed by atoms with Crippen molar-refractivity contribution in [1.82, 2.24) is 0 Å². The molecule has 3 nitrogen and oxygen atoms in total. The average Bonchev–Trinajstić information content (AvgIpc) is 2.45. The number of unbranched alkanes of at least 4 members (excludes halogenated alkanes) is 6. The summed E-state index contributed by atoms with van der Waals surface area (Å²) in [6, 6.07) is 0. The fraction of sp³-hybridized carbons (Fsp3) is 1.00. The lowest BCUT2D eigenvalue weighted by Gasteiger charge is -2.30. The molecule has 0 spiro atoms. The zero-order chi connectivity index (χ0) is 14.4.